The van der Waals surface area contributed by atoms with E-state index in [2.05, 4.69) is 20.8 Å². The van der Waals surface area contributed by atoms with Gasteiger partial charge in [-0.1, -0.05) is 34.6 Å². The van der Waals surface area contributed by atoms with Gasteiger partial charge in [-0.2, -0.15) is 0 Å². The van der Waals surface area contributed by atoms with Gasteiger partial charge in [0.15, 0.2) is 0 Å². The van der Waals surface area contributed by atoms with E-state index in [4.69, 9.17) is 0 Å². The summed E-state index contributed by atoms with van der Waals surface area (Å²) in [4.78, 5) is 14.0. The van der Waals surface area contributed by atoms with Gasteiger partial charge in [0.25, 0.3) is 0 Å². The van der Waals surface area contributed by atoms with Gasteiger partial charge in [-0.25, -0.2) is 0 Å². The van der Waals surface area contributed by atoms with Gasteiger partial charge in [0.1, 0.15) is 0 Å². The van der Waals surface area contributed by atoms with Gasteiger partial charge >= 0.3 is 0 Å². The third-order valence-electron chi connectivity index (χ3n) is 3.84. The van der Waals surface area contributed by atoms with Gasteiger partial charge in [-0.3, -0.25) is 4.79 Å². The Balaban J connectivity index is 2.39. The van der Waals surface area contributed by atoms with E-state index in [9.17, 15) is 9.90 Å². The minimum atomic E-state index is -0.281. The average molecular weight is 255 g/mol. The van der Waals surface area contributed by atoms with Crippen molar-refractivity contribution < 1.29 is 9.90 Å². The molecule has 0 aromatic heterocycles. The quantitative estimate of drug-likeness (QED) is 0.842. The molecule has 0 saturated carbocycles. The fourth-order valence-electron chi connectivity index (χ4n) is 2.49. The van der Waals surface area contributed by atoms with Crippen molar-refractivity contribution in [2.24, 2.45) is 10.8 Å². The topological polar surface area (TPSA) is 40.5 Å². The van der Waals surface area contributed by atoms with Crippen molar-refractivity contribution in [2.75, 3.05) is 13.1 Å². The molecule has 0 aliphatic carbocycles. The number of nitrogens with zero attached hydrogens (tertiary/aromatic N) is 1. The molecule has 1 saturated heterocycles. The molecule has 0 aromatic rings. The number of likely N-dealkylation sites (tertiary alicyclic amines) is 1. The van der Waals surface area contributed by atoms with Crippen molar-refractivity contribution in [1.29, 1.82) is 0 Å². The predicted octanol–water partition coefficient (Wildman–Crippen LogP) is 2.82. The number of carbonyl (C=O) groups excluding carboxylic acids is 1. The normalized spacial score (nSPS) is 24.1. The number of hydrogen-bond acceptors (Lipinski definition) is 2. The summed E-state index contributed by atoms with van der Waals surface area (Å²) in [5.41, 5.74) is 0.135. The summed E-state index contributed by atoms with van der Waals surface area (Å²) in [5.74, 6) is 0.249. The third-order valence-corrected chi connectivity index (χ3v) is 3.84. The monoisotopic (exact) mass is 255 g/mol. The number of aliphatic hydroxyl groups is 1. The van der Waals surface area contributed by atoms with Crippen LogP contribution in [-0.2, 0) is 4.79 Å². The Bertz CT molecular complexity index is 291. The van der Waals surface area contributed by atoms with Crippen LogP contribution in [0.15, 0.2) is 0 Å². The van der Waals surface area contributed by atoms with Crippen LogP contribution in [0.5, 0.6) is 0 Å². The molecular weight excluding hydrogens is 226 g/mol. The van der Waals surface area contributed by atoms with Gasteiger partial charge in [0.2, 0.25) is 5.91 Å². The minimum absolute atomic E-state index is 0.169. The van der Waals surface area contributed by atoms with Crippen LogP contribution in [0.2, 0.25) is 0 Å². The largest absolute Gasteiger partial charge is 0.392 e. The number of piperidine rings is 1. The van der Waals surface area contributed by atoms with Crippen LogP contribution in [0, 0.1) is 10.8 Å². The molecule has 1 atom stereocenters. The molecule has 3 heteroatoms. The van der Waals surface area contributed by atoms with Gasteiger partial charge in [-0.15, -0.1) is 0 Å². The first-order valence-electron chi connectivity index (χ1n) is 7.08. The second-order valence-electron chi connectivity index (χ2n) is 7.52. The van der Waals surface area contributed by atoms with E-state index in [0.717, 1.165) is 12.8 Å². The molecule has 1 fully saturated rings. The van der Waals surface area contributed by atoms with Crippen LogP contribution in [-0.4, -0.2) is 35.1 Å². The highest BCUT2D eigenvalue weighted by molar-refractivity contribution is 5.76. The molecule has 1 unspecified atom stereocenters. The van der Waals surface area contributed by atoms with Gasteiger partial charge in [0, 0.05) is 24.9 Å². The summed E-state index contributed by atoms with van der Waals surface area (Å²) in [6.45, 7) is 12.1. The summed E-state index contributed by atoms with van der Waals surface area (Å²) in [7, 11) is 0. The molecular formula is C15H29NO2. The first-order valence-corrected chi connectivity index (χ1v) is 7.08. The fraction of sp³-hybridized carbons (Fsp3) is 0.933. The predicted molar refractivity (Wildman–Crippen MR) is 74.3 cm³/mol. The summed E-state index contributed by atoms with van der Waals surface area (Å²) < 4.78 is 0. The molecule has 1 aliphatic heterocycles. The smallest absolute Gasteiger partial charge is 0.222 e. The summed E-state index contributed by atoms with van der Waals surface area (Å²) in [6, 6.07) is 0. The Kier molecular flexibility index (Phi) is 4.82. The third kappa shape index (κ3) is 4.60. The Morgan fingerprint density at radius 1 is 1.39 bits per heavy atom. The zero-order valence-corrected chi connectivity index (χ0v) is 12.6. The molecule has 0 radical (unpaired) electrons. The van der Waals surface area contributed by atoms with Crippen molar-refractivity contribution in [3.8, 4) is 0 Å². The molecule has 1 heterocycles. The van der Waals surface area contributed by atoms with Crippen LogP contribution >= 0.6 is 0 Å². The highest BCUT2D eigenvalue weighted by Gasteiger charge is 2.36. The molecule has 106 valence electrons. The summed E-state index contributed by atoms with van der Waals surface area (Å²) >= 11 is 0. The van der Waals surface area contributed by atoms with Crippen molar-refractivity contribution in [2.45, 2.75) is 66.4 Å². The first kappa shape index (κ1) is 15.5. The van der Waals surface area contributed by atoms with E-state index in [-0.39, 0.29) is 17.4 Å². The summed E-state index contributed by atoms with van der Waals surface area (Å²) in [5, 5.41) is 9.88. The van der Waals surface area contributed by atoms with E-state index in [1.807, 2.05) is 18.7 Å². The molecule has 0 bridgehead atoms. The number of amides is 1. The zero-order chi connectivity index (χ0) is 14.0. The molecule has 1 aliphatic rings. The van der Waals surface area contributed by atoms with Gasteiger partial charge < -0.3 is 10.0 Å². The standard InChI is InChI=1S/C15H29NO2/c1-14(2,3)9-6-7-13(18)16-10-8-12(17)15(4,5)11-16/h12,17H,6-11H2,1-5H3. The number of hydrogen-bond donors (Lipinski definition) is 1. The summed E-state index contributed by atoms with van der Waals surface area (Å²) in [6.07, 6.45) is 3.11. The lowest BCUT2D eigenvalue weighted by Crippen LogP contribution is -2.50. The second-order valence-corrected chi connectivity index (χ2v) is 7.52. The highest BCUT2D eigenvalue weighted by atomic mass is 16.3. The molecule has 1 amide bonds. The van der Waals surface area contributed by atoms with E-state index < -0.39 is 0 Å². The van der Waals surface area contributed by atoms with E-state index in [1.54, 1.807) is 0 Å². The molecule has 3 nitrogen and oxygen atoms in total. The van der Waals surface area contributed by atoms with Crippen molar-refractivity contribution in [1.82, 2.24) is 4.90 Å². The number of aliphatic hydroxyl groups excluding tert-OH is 1. The van der Waals surface area contributed by atoms with Gasteiger partial charge in [-0.05, 0) is 24.7 Å². The van der Waals surface area contributed by atoms with Crippen LogP contribution in [0.25, 0.3) is 0 Å². The zero-order valence-electron chi connectivity index (χ0n) is 12.6. The van der Waals surface area contributed by atoms with Crippen LogP contribution in [0.1, 0.15) is 60.3 Å². The van der Waals surface area contributed by atoms with E-state index >= 15 is 0 Å². The molecule has 0 spiro atoms. The maximum atomic E-state index is 12.1. The van der Waals surface area contributed by atoms with Crippen LogP contribution < -0.4 is 0 Å². The van der Waals surface area contributed by atoms with Gasteiger partial charge in [0.05, 0.1) is 6.10 Å². The number of rotatable bonds is 3. The van der Waals surface area contributed by atoms with Crippen molar-refractivity contribution in [3.63, 3.8) is 0 Å². The SMILES string of the molecule is CC(C)(C)CCCC(=O)N1CCC(O)C(C)(C)C1. The van der Waals surface area contributed by atoms with Crippen molar-refractivity contribution in [3.05, 3.63) is 0 Å². The average Bonchev–Trinajstić information content (AvgIpc) is 2.20. The Morgan fingerprint density at radius 3 is 2.50 bits per heavy atom. The highest BCUT2D eigenvalue weighted by Crippen LogP contribution is 2.30. The molecule has 18 heavy (non-hydrogen) atoms. The lowest BCUT2D eigenvalue weighted by molar-refractivity contribution is -0.138. The Morgan fingerprint density at radius 2 is 2.00 bits per heavy atom. The molecule has 0 aromatic carbocycles. The van der Waals surface area contributed by atoms with E-state index in [0.29, 0.717) is 31.3 Å². The van der Waals surface area contributed by atoms with Crippen LogP contribution in [0.4, 0.5) is 0 Å². The Hall–Kier alpha value is -0.570. The lowest BCUT2D eigenvalue weighted by atomic mass is 9.81. The van der Waals surface area contributed by atoms with Crippen molar-refractivity contribution >= 4 is 5.91 Å². The first-order chi connectivity index (χ1) is 8.12. The molecule has 1 N–H and O–H groups in total. The minimum Gasteiger partial charge on any atom is -0.392 e. The maximum Gasteiger partial charge on any atom is 0.222 e. The maximum absolute atomic E-state index is 12.1. The number of carbonyl (C=O) groups is 1. The lowest BCUT2D eigenvalue weighted by Gasteiger charge is -2.41. The molecule has 1 rings (SSSR count). The second kappa shape index (κ2) is 5.60. The van der Waals surface area contributed by atoms with Crippen LogP contribution in [0.3, 0.4) is 0 Å². The fourth-order valence-corrected chi connectivity index (χ4v) is 2.49. The van der Waals surface area contributed by atoms with E-state index in [1.165, 1.54) is 0 Å². The Labute approximate surface area is 112 Å².